The van der Waals surface area contributed by atoms with E-state index in [1.807, 2.05) is 13.8 Å². The molecular weight excluding hydrogens is 388 g/mol. The predicted molar refractivity (Wildman–Crippen MR) is 136 cm³/mol. The number of nitrogens with one attached hydrogen (secondary N) is 2. The minimum atomic E-state index is 0.925. The number of aromatic nitrogens is 1. The number of rotatable bonds is 6. The number of H-pyrrole nitrogens is 1. The van der Waals surface area contributed by atoms with Crippen molar-refractivity contribution in [2.75, 3.05) is 44.2 Å². The molecule has 0 amide bonds. The topological polar surface area (TPSA) is 34.3 Å². The van der Waals surface area contributed by atoms with Crippen molar-refractivity contribution in [3.63, 3.8) is 0 Å². The van der Waals surface area contributed by atoms with Gasteiger partial charge in [0.25, 0.3) is 0 Å². The van der Waals surface area contributed by atoms with E-state index in [-0.39, 0.29) is 0 Å². The van der Waals surface area contributed by atoms with Gasteiger partial charge in [0.05, 0.1) is 0 Å². The largest absolute Gasteiger partial charge is 0.369 e. The fourth-order valence-corrected chi connectivity index (χ4v) is 3.61. The van der Waals surface area contributed by atoms with E-state index in [0.29, 0.717) is 0 Å². The van der Waals surface area contributed by atoms with Gasteiger partial charge in [0.2, 0.25) is 0 Å². The molecule has 2 N–H and O–H groups in total. The average molecular weight is 425 g/mol. The summed E-state index contributed by atoms with van der Waals surface area (Å²) in [5.41, 5.74) is 3.92. The standard InChI is InChI=1S/C21H26N4.C2H4S.C2H6/c1-2-6-19(7-3-1)25-14-12-24(13-15-25)11-10-22-16-18-17-23-21-9-5-4-8-20(18)21;1-2-3;1-2/h1-9,17,22-23H,10-16H2;2-3H,1H2;1-2H3. The summed E-state index contributed by atoms with van der Waals surface area (Å²) < 4.78 is 0. The number of para-hydroxylation sites is 2. The quantitative estimate of drug-likeness (QED) is 0.377. The number of hydrogen-bond donors (Lipinski definition) is 3. The minimum Gasteiger partial charge on any atom is -0.369 e. The fourth-order valence-electron chi connectivity index (χ4n) is 3.61. The van der Waals surface area contributed by atoms with Crippen LogP contribution in [0.5, 0.6) is 0 Å². The van der Waals surface area contributed by atoms with Gasteiger partial charge < -0.3 is 15.2 Å². The Balaban J connectivity index is 0.000000590. The first-order chi connectivity index (χ1) is 14.8. The molecule has 1 fully saturated rings. The van der Waals surface area contributed by atoms with Gasteiger partial charge in [-0.15, -0.1) is 0 Å². The Morgan fingerprint density at radius 2 is 1.63 bits per heavy atom. The molecule has 3 aromatic rings. The van der Waals surface area contributed by atoms with Crippen LogP contribution in [0.2, 0.25) is 0 Å². The highest BCUT2D eigenvalue weighted by molar-refractivity contribution is 7.83. The smallest absolute Gasteiger partial charge is 0.0457 e. The molecule has 0 unspecified atom stereocenters. The first-order valence-corrected chi connectivity index (χ1v) is 11.4. The summed E-state index contributed by atoms with van der Waals surface area (Å²) in [6, 6.07) is 19.2. The van der Waals surface area contributed by atoms with Gasteiger partial charge in [-0.3, -0.25) is 4.90 Å². The number of piperazine rings is 1. The molecular formula is C25H36N4S. The molecule has 1 aliphatic heterocycles. The lowest BCUT2D eigenvalue weighted by molar-refractivity contribution is 0.257. The van der Waals surface area contributed by atoms with E-state index in [1.54, 1.807) is 0 Å². The van der Waals surface area contributed by atoms with Crippen LogP contribution in [0, 0.1) is 0 Å². The van der Waals surface area contributed by atoms with Crippen LogP contribution in [-0.4, -0.2) is 49.2 Å². The lowest BCUT2D eigenvalue weighted by Gasteiger charge is -2.36. The molecule has 0 saturated carbocycles. The van der Waals surface area contributed by atoms with Crippen LogP contribution in [0.25, 0.3) is 10.9 Å². The molecule has 0 spiro atoms. The summed E-state index contributed by atoms with van der Waals surface area (Å²) in [5, 5.41) is 6.36. The van der Waals surface area contributed by atoms with E-state index >= 15 is 0 Å². The molecule has 4 rings (SSSR count). The number of hydrogen-bond acceptors (Lipinski definition) is 4. The number of nitrogens with zero attached hydrogens (tertiary/aromatic N) is 2. The van der Waals surface area contributed by atoms with Crippen molar-refractivity contribution in [1.29, 1.82) is 0 Å². The van der Waals surface area contributed by atoms with Crippen molar-refractivity contribution < 1.29 is 0 Å². The molecule has 30 heavy (non-hydrogen) atoms. The van der Waals surface area contributed by atoms with Crippen LogP contribution >= 0.6 is 12.6 Å². The van der Waals surface area contributed by atoms with Crippen LogP contribution in [0.3, 0.4) is 0 Å². The molecule has 2 aromatic carbocycles. The van der Waals surface area contributed by atoms with Crippen molar-refractivity contribution in [3.05, 3.63) is 78.3 Å². The van der Waals surface area contributed by atoms with E-state index in [4.69, 9.17) is 0 Å². The van der Waals surface area contributed by atoms with E-state index in [0.717, 1.165) is 45.8 Å². The molecule has 0 aliphatic carbocycles. The third-order valence-corrected chi connectivity index (χ3v) is 5.09. The number of fused-ring (bicyclic) bond motifs is 1. The van der Waals surface area contributed by atoms with Crippen molar-refractivity contribution in [2.45, 2.75) is 20.4 Å². The van der Waals surface area contributed by atoms with Gasteiger partial charge in [-0.05, 0) is 29.2 Å². The van der Waals surface area contributed by atoms with Crippen molar-refractivity contribution >= 4 is 29.2 Å². The third-order valence-electron chi connectivity index (χ3n) is 5.09. The van der Waals surface area contributed by atoms with E-state index in [9.17, 15) is 0 Å². The first kappa shape index (κ1) is 24.1. The molecule has 1 aromatic heterocycles. The van der Waals surface area contributed by atoms with Crippen LogP contribution in [0.4, 0.5) is 5.69 Å². The molecule has 5 heteroatoms. The Morgan fingerprint density at radius 1 is 1.00 bits per heavy atom. The zero-order valence-corrected chi connectivity index (χ0v) is 19.2. The lowest BCUT2D eigenvalue weighted by Crippen LogP contribution is -2.48. The number of aromatic amines is 1. The maximum atomic E-state index is 3.59. The second kappa shape index (κ2) is 13.9. The lowest BCUT2D eigenvalue weighted by atomic mass is 10.2. The van der Waals surface area contributed by atoms with Crippen LogP contribution in [0.15, 0.2) is 72.8 Å². The number of thiol groups is 1. The Kier molecular flexibility index (Phi) is 11.2. The highest BCUT2D eigenvalue weighted by atomic mass is 32.1. The maximum Gasteiger partial charge on any atom is 0.0457 e. The molecule has 2 heterocycles. The Hall–Kier alpha value is -2.21. The summed E-state index contributed by atoms with van der Waals surface area (Å²) in [5.74, 6) is 0. The van der Waals surface area contributed by atoms with Gasteiger partial charge in [-0.25, -0.2) is 0 Å². The Labute approximate surface area is 187 Å². The molecule has 1 saturated heterocycles. The molecule has 1 aliphatic rings. The average Bonchev–Trinajstić information content (AvgIpc) is 3.23. The fraction of sp³-hybridized carbons (Fsp3) is 0.360. The van der Waals surface area contributed by atoms with E-state index < -0.39 is 0 Å². The SMILES string of the molecule is C=CS.CC.c1ccc(N2CCN(CCNCc3c[nH]c4ccccc34)CC2)cc1. The summed E-state index contributed by atoms with van der Waals surface area (Å²) in [7, 11) is 0. The van der Waals surface area contributed by atoms with Gasteiger partial charge in [-0.1, -0.05) is 56.8 Å². The van der Waals surface area contributed by atoms with Gasteiger partial charge in [0, 0.05) is 68.6 Å². The zero-order chi connectivity index (χ0) is 21.6. The molecule has 4 nitrogen and oxygen atoms in total. The summed E-state index contributed by atoms with van der Waals surface area (Å²) >= 11 is 3.55. The van der Waals surface area contributed by atoms with Crippen molar-refractivity contribution in [1.82, 2.24) is 15.2 Å². The second-order valence-electron chi connectivity index (χ2n) is 6.88. The van der Waals surface area contributed by atoms with Gasteiger partial charge in [0.1, 0.15) is 0 Å². The Bertz CT molecular complexity index is 838. The second-order valence-corrected chi connectivity index (χ2v) is 7.25. The van der Waals surface area contributed by atoms with Gasteiger partial charge in [-0.2, -0.15) is 12.6 Å². The molecule has 162 valence electrons. The predicted octanol–water partition coefficient (Wildman–Crippen LogP) is 5.17. The monoisotopic (exact) mass is 424 g/mol. The summed E-state index contributed by atoms with van der Waals surface area (Å²) in [6.45, 7) is 14.8. The Morgan fingerprint density at radius 3 is 2.33 bits per heavy atom. The highest BCUT2D eigenvalue weighted by Gasteiger charge is 2.16. The first-order valence-electron chi connectivity index (χ1n) is 10.8. The number of anilines is 1. The molecule has 0 atom stereocenters. The van der Waals surface area contributed by atoms with Gasteiger partial charge in [0.15, 0.2) is 0 Å². The molecule has 0 radical (unpaired) electrons. The zero-order valence-electron chi connectivity index (χ0n) is 18.3. The summed E-state index contributed by atoms with van der Waals surface area (Å²) in [4.78, 5) is 8.38. The van der Waals surface area contributed by atoms with E-state index in [1.165, 1.54) is 27.6 Å². The third kappa shape index (κ3) is 7.24. The van der Waals surface area contributed by atoms with Gasteiger partial charge >= 0.3 is 0 Å². The van der Waals surface area contributed by atoms with Crippen molar-refractivity contribution in [3.8, 4) is 0 Å². The van der Waals surface area contributed by atoms with Crippen LogP contribution in [0.1, 0.15) is 19.4 Å². The van der Waals surface area contributed by atoms with Crippen LogP contribution in [-0.2, 0) is 6.54 Å². The maximum absolute atomic E-state index is 3.59. The van der Waals surface area contributed by atoms with Crippen LogP contribution < -0.4 is 10.2 Å². The number of benzene rings is 2. The summed E-state index contributed by atoms with van der Waals surface area (Å²) in [6.07, 6.45) is 2.12. The van der Waals surface area contributed by atoms with E-state index in [2.05, 4.69) is 100 Å². The van der Waals surface area contributed by atoms with Crippen molar-refractivity contribution in [2.24, 2.45) is 0 Å². The minimum absolute atomic E-state index is 0.925. The normalized spacial score (nSPS) is 13.8. The highest BCUT2D eigenvalue weighted by Crippen LogP contribution is 2.17. The molecule has 0 bridgehead atoms.